The second-order valence-electron chi connectivity index (χ2n) is 3.99. The minimum atomic E-state index is 0.0929. The van der Waals surface area contributed by atoms with Crippen LogP contribution in [0.25, 0.3) is 0 Å². The first-order valence-corrected chi connectivity index (χ1v) is 5.98. The van der Waals surface area contributed by atoms with Crippen LogP contribution < -0.4 is 0 Å². The molecule has 0 aromatic carbocycles. The van der Waals surface area contributed by atoms with Crippen LogP contribution in [0.2, 0.25) is 0 Å². The fourth-order valence-corrected chi connectivity index (χ4v) is 1.68. The van der Waals surface area contributed by atoms with Gasteiger partial charge in [0, 0.05) is 26.3 Å². The molecule has 0 radical (unpaired) electrons. The first-order chi connectivity index (χ1) is 7.70. The number of amides is 1. The van der Waals surface area contributed by atoms with E-state index in [9.17, 15) is 4.79 Å². The molecule has 1 aromatic rings. The summed E-state index contributed by atoms with van der Waals surface area (Å²) in [6.07, 6.45) is 4.83. The third kappa shape index (κ3) is 3.08. The van der Waals surface area contributed by atoms with Gasteiger partial charge in [-0.1, -0.05) is 20.3 Å². The Morgan fingerprint density at radius 1 is 1.38 bits per heavy atom. The number of hydrogen-bond donors (Lipinski definition) is 0. The fourth-order valence-electron chi connectivity index (χ4n) is 1.68. The van der Waals surface area contributed by atoms with E-state index in [1.807, 2.05) is 4.90 Å². The molecule has 0 aliphatic heterocycles. The van der Waals surface area contributed by atoms with Gasteiger partial charge < -0.3 is 4.90 Å². The third-order valence-electron chi connectivity index (χ3n) is 2.60. The predicted molar refractivity (Wildman–Crippen MR) is 64.3 cm³/mol. The lowest BCUT2D eigenvalue weighted by Crippen LogP contribution is -2.33. The number of unbranched alkanes of at least 4 members (excludes halogenated alkanes) is 1. The molecule has 0 N–H and O–H groups in total. The number of aryl methyl sites for hydroxylation is 1. The van der Waals surface area contributed by atoms with Crippen molar-refractivity contribution in [3.05, 3.63) is 18.0 Å². The first kappa shape index (κ1) is 12.7. The van der Waals surface area contributed by atoms with Crippen molar-refractivity contribution in [3.8, 4) is 0 Å². The van der Waals surface area contributed by atoms with E-state index in [-0.39, 0.29) is 5.91 Å². The van der Waals surface area contributed by atoms with E-state index in [4.69, 9.17) is 0 Å². The average molecular weight is 223 g/mol. The number of carbonyl (C=O) groups excluding carboxylic acids is 1. The second kappa shape index (κ2) is 6.30. The summed E-state index contributed by atoms with van der Waals surface area (Å²) < 4.78 is 1.64. The summed E-state index contributed by atoms with van der Waals surface area (Å²) in [5.74, 6) is 0.0929. The van der Waals surface area contributed by atoms with Crippen molar-refractivity contribution >= 4 is 5.91 Å². The van der Waals surface area contributed by atoms with Crippen LogP contribution >= 0.6 is 0 Å². The molecule has 1 heterocycles. The van der Waals surface area contributed by atoms with Gasteiger partial charge in [-0.15, -0.1) is 0 Å². The Labute approximate surface area is 97.2 Å². The molecule has 1 aromatic heterocycles. The molecule has 0 aliphatic carbocycles. The third-order valence-corrected chi connectivity index (χ3v) is 2.60. The van der Waals surface area contributed by atoms with Crippen LogP contribution in [0.5, 0.6) is 0 Å². The Morgan fingerprint density at radius 3 is 2.62 bits per heavy atom. The van der Waals surface area contributed by atoms with Crippen molar-refractivity contribution in [2.75, 3.05) is 13.1 Å². The maximum Gasteiger partial charge on any atom is 0.272 e. The van der Waals surface area contributed by atoms with Gasteiger partial charge in [-0.05, 0) is 18.9 Å². The van der Waals surface area contributed by atoms with Gasteiger partial charge in [-0.25, -0.2) is 0 Å². The Bertz CT molecular complexity index is 333. The van der Waals surface area contributed by atoms with Gasteiger partial charge in [-0.2, -0.15) is 5.10 Å². The van der Waals surface area contributed by atoms with Gasteiger partial charge >= 0.3 is 0 Å². The van der Waals surface area contributed by atoms with Crippen LogP contribution in [0, 0.1) is 0 Å². The summed E-state index contributed by atoms with van der Waals surface area (Å²) in [7, 11) is 1.80. The van der Waals surface area contributed by atoms with E-state index in [1.165, 1.54) is 0 Å². The summed E-state index contributed by atoms with van der Waals surface area (Å²) in [5.41, 5.74) is 0.671. The zero-order chi connectivity index (χ0) is 12.0. The molecule has 0 bridgehead atoms. The van der Waals surface area contributed by atoms with Gasteiger partial charge in [0.1, 0.15) is 5.69 Å². The maximum atomic E-state index is 12.2. The Balaban J connectivity index is 2.70. The lowest BCUT2D eigenvalue weighted by Gasteiger charge is -2.21. The van der Waals surface area contributed by atoms with Gasteiger partial charge in [0.15, 0.2) is 0 Å². The minimum Gasteiger partial charge on any atom is -0.337 e. The molecule has 0 spiro atoms. The average Bonchev–Trinajstić information content (AvgIpc) is 2.69. The highest BCUT2D eigenvalue weighted by Crippen LogP contribution is 2.06. The molecule has 1 rings (SSSR count). The highest BCUT2D eigenvalue weighted by Gasteiger charge is 2.16. The number of nitrogens with zero attached hydrogens (tertiary/aromatic N) is 3. The molecule has 0 saturated heterocycles. The standard InChI is InChI=1S/C12H21N3O/c1-4-6-10-15(9-5-2)12(16)11-7-8-13-14(11)3/h7-8H,4-6,9-10H2,1-3H3. The van der Waals surface area contributed by atoms with Crippen molar-refractivity contribution < 1.29 is 4.79 Å². The summed E-state index contributed by atoms with van der Waals surface area (Å²) in [4.78, 5) is 14.1. The van der Waals surface area contributed by atoms with Crippen molar-refractivity contribution in [3.63, 3.8) is 0 Å². The van der Waals surface area contributed by atoms with E-state index in [1.54, 1.807) is 24.0 Å². The van der Waals surface area contributed by atoms with E-state index < -0.39 is 0 Å². The SMILES string of the molecule is CCCCN(CCC)C(=O)c1ccnn1C. The van der Waals surface area contributed by atoms with Crippen LogP contribution in [0.15, 0.2) is 12.3 Å². The zero-order valence-electron chi connectivity index (χ0n) is 10.4. The van der Waals surface area contributed by atoms with Gasteiger partial charge in [0.2, 0.25) is 0 Å². The van der Waals surface area contributed by atoms with Crippen LogP contribution in [0.3, 0.4) is 0 Å². The second-order valence-corrected chi connectivity index (χ2v) is 3.99. The summed E-state index contributed by atoms with van der Waals surface area (Å²) in [6.45, 7) is 5.90. The van der Waals surface area contributed by atoms with E-state index >= 15 is 0 Å². The van der Waals surface area contributed by atoms with E-state index in [2.05, 4.69) is 18.9 Å². The fraction of sp³-hybridized carbons (Fsp3) is 0.667. The van der Waals surface area contributed by atoms with Crippen LogP contribution in [-0.2, 0) is 7.05 Å². The summed E-state index contributed by atoms with van der Waals surface area (Å²) in [5, 5.41) is 4.03. The smallest absolute Gasteiger partial charge is 0.272 e. The van der Waals surface area contributed by atoms with Crippen molar-refractivity contribution in [2.45, 2.75) is 33.1 Å². The van der Waals surface area contributed by atoms with Crippen molar-refractivity contribution in [1.29, 1.82) is 0 Å². The topological polar surface area (TPSA) is 38.1 Å². The maximum absolute atomic E-state index is 12.2. The molecule has 4 nitrogen and oxygen atoms in total. The first-order valence-electron chi connectivity index (χ1n) is 5.98. The van der Waals surface area contributed by atoms with E-state index in [0.29, 0.717) is 5.69 Å². The summed E-state index contributed by atoms with van der Waals surface area (Å²) >= 11 is 0. The van der Waals surface area contributed by atoms with Crippen LogP contribution in [0.4, 0.5) is 0 Å². The normalized spacial score (nSPS) is 10.4. The largest absolute Gasteiger partial charge is 0.337 e. The lowest BCUT2D eigenvalue weighted by molar-refractivity contribution is 0.0742. The molecular formula is C12H21N3O. The van der Waals surface area contributed by atoms with Gasteiger partial charge in [0.25, 0.3) is 5.91 Å². The predicted octanol–water partition coefficient (Wildman–Crippen LogP) is 2.07. The lowest BCUT2D eigenvalue weighted by atomic mass is 10.2. The molecule has 0 saturated carbocycles. The molecule has 1 amide bonds. The van der Waals surface area contributed by atoms with Crippen LogP contribution in [0.1, 0.15) is 43.6 Å². The van der Waals surface area contributed by atoms with Gasteiger partial charge in [0.05, 0.1) is 0 Å². The molecule has 0 atom stereocenters. The molecule has 0 fully saturated rings. The molecule has 90 valence electrons. The van der Waals surface area contributed by atoms with Gasteiger partial charge in [-0.3, -0.25) is 9.48 Å². The molecule has 0 aliphatic rings. The number of rotatable bonds is 6. The highest BCUT2D eigenvalue weighted by molar-refractivity contribution is 5.92. The quantitative estimate of drug-likeness (QED) is 0.740. The Hall–Kier alpha value is -1.32. The zero-order valence-corrected chi connectivity index (χ0v) is 10.4. The highest BCUT2D eigenvalue weighted by atomic mass is 16.2. The van der Waals surface area contributed by atoms with Crippen molar-refractivity contribution in [1.82, 2.24) is 14.7 Å². The molecule has 4 heteroatoms. The minimum absolute atomic E-state index is 0.0929. The Kier molecular flexibility index (Phi) is 5.02. The van der Waals surface area contributed by atoms with Crippen molar-refractivity contribution in [2.24, 2.45) is 7.05 Å². The molecule has 16 heavy (non-hydrogen) atoms. The summed E-state index contributed by atoms with van der Waals surface area (Å²) in [6, 6.07) is 1.77. The Morgan fingerprint density at radius 2 is 2.12 bits per heavy atom. The molecule has 0 unspecified atom stereocenters. The number of hydrogen-bond acceptors (Lipinski definition) is 2. The monoisotopic (exact) mass is 223 g/mol. The van der Waals surface area contributed by atoms with Crippen LogP contribution in [-0.4, -0.2) is 33.7 Å². The number of carbonyl (C=O) groups is 1. The van der Waals surface area contributed by atoms with E-state index in [0.717, 1.165) is 32.4 Å². The molecular weight excluding hydrogens is 202 g/mol. The number of aromatic nitrogens is 2.